The Morgan fingerprint density at radius 3 is 2.95 bits per heavy atom. The molecule has 0 atom stereocenters. The highest BCUT2D eigenvalue weighted by Gasteiger charge is 2.25. The molecule has 1 heterocycles. The molecule has 19 heavy (non-hydrogen) atoms. The quantitative estimate of drug-likeness (QED) is 0.731. The molecule has 1 fully saturated rings. The SMILES string of the molecule is CC(C)CCOCCNc1nccn(C2CC2)c1=O. The summed E-state index contributed by atoms with van der Waals surface area (Å²) < 4.78 is 7.27. The molecule has 2 rings (SSSR count). The van der Waals surface area contributed by atoms with Gasteiger partial charge in [0.25, 0.3) is 5.56 Å². The monoisotopic (exact) mass is 265 g/mol. The van der Waals surface area contributed by atoms with E-state index in [4.69, 9.17) is 4.74 Å². The maximum atomic E-state index is 12.1. The van der Waals surface area contributed by atoms with E-state index in [-0.39, 0.29) is 5.56 Å². The van der Waals surface area contributed by atoms with Gasteiger partial charge in [-0.25, -0.2) is 4.98 Å². The lowest BCUT2D eigenvalue weighted by atomic mass is 10.1. The molecule has 5 nitrogen and oxygen atoms in total. The molecular weight excluding hydrogens is 242 g/mol. The molecule has 1 aromatic heterocycles. The van der Waals surface area contributed by atoms with E-state index in [2.05, 4.69) is 24.1 Å². The van der Waals surface area contributed by atoms with Gasteiger partial charge in [0.2, 0.25) is 0 Å². The van der Waals surface area contributed by atoms with E-state index in [1.165, 1.54) is 0 Å². The van der Waals surface area contributed by atoms with Crippen LogP contribution in [0.2, 0.25) is 0 Å². The van der Waals surface area contributed by atoms with Gasteiger partial charge < -0.3 is 14.6 Å². The smallest absolute Gasteiger partial charge is 0.293 e. The molecule has 0 aromatic carbocycles. The van der Waals surface area contributed by atoms with E-state index in [9.17, 15) is 4.79 Å². The highest BCUT2D eigenvalue weighted by atomic mass is 16.5. The van der Waals surface area contributed by atoms with Crippen molar-refractivity contribution in [2.45, 2.75) is 39.2 Å². The number of nitrogens with zero attached hydrogens (tertiary/aromatic N) is 2. The standard InChI is InChI=1S/C14H23N3O2/c1-11(2)5-9-19-10-7-16-13-14(18)17(8-6-15-13)12-3-4-12/h6,8,11-12H,3-5,7,9-10H2,1-2H3,(H,15,16). The molecule has 0 amide bonds. The molecule has 0 aliphatic heterocycles. The van der Waals surface area contributed by atoms with Gasteiger partial charge in [0.05, 0.1) is 6.61 Å². The molecular formula is C14H23N3O2. The summed E-state index contributed by atoms with van der Waals surface area (Å²) >= 11 is 0. The van der Waals surface area contributed by atoms with Gasteiger partial charge in [0, 0.05) is 31.6 Å². The molecule has 0 unspecified atom stereocenters. The van der Waals surface area contributed by atoms with Crippen molar-refractivity contribution in [2.75, 3.05) is 25.1 Å². The van der Waals surface area contributed by atoms with Crippen LogP contribution in [-0.2, 0) is 4.74 Å². The van der Waals surface area contributed by atoms with Gasteiger partial charge in [-0.3, -0.25) is 4.79 Å². The van der Waals surface area contributed by atoms with Crippen LogP contribution in [0.3, 0.4) is 0 Å². The van der Waals surface area contributed by atoms with E-state index in [0.717, 1.165) is 25.9 Å². The molecule has 1 aromatic rings. The number of hydrogen-bond acceptors (Lipinski definition) is 4. The molecule has 0 radical (unpaired) electrons. The van der Waals surface area contributed by atoms with E-state index in [1.807, 2.05) is 0 Å². The Balaban J connectivity index is 1.74. The molecule has 0 bridgehead atoms. The molecule has 1 saturated carbocycles. The van der Waals surface area contributed by atoms with Gasteiger partial charge in [-0.2, -0.15) is 0 Å². The number of rotatable bonds is 8. The summed E-state index contributed by atoms with van der Waals surface area (Å²) in [5.74, 6) is 1.09. The van der Waals surface area contributed by atoms with Crippen LogP contribution in [-0.4, -0.2) is 29.3 Å². The first-order valence-corrected chi connectivity index (χ1v) is 7.07. The summed E-state index contributed by atoms with van der Waals surface area (Å²) in [5, 5.41) is 3.05. The zero-order chi connectivity index (χ0) is 13.7. The Labute approximate surface area is 114 Å². The third kappa shape index (κ3) is 4.35. The van der Waals surface area contributed by atoms with Crippen LogP contribution in [0.5, 0.6) is 0 Å². The first-order valence-electron chi connectivity index (χ1n) is 7.07. The largest absolute Gasteiger partial charge is 0.380 e. The lowest BCUT2D eigenvalue weighted by molar-refractivity contribution is 0.132. The average molecular weight is 265 g/mol. The van der Waals surface area contributed by atoms with Gasteiger partial charge in [-0.1, -0.05) is 13.8 Å². The molecule has 1 aliphatic carbocycles. The average Bonchev–Trinajstić information content (AvgIpc) is 3.19. The number of aromatic nitrogens is 2. The van der Waals surface area contributed by atoms with Gasteiger partial charge in [-0.05, 0) is 25.2 Å². The Morgan fingerprint density at radius 1 is 1.47 bits per heavy atom. The fourth-order valence-corrected chi connectivity index (χ4v) is 1.85. The first kappa shape index (κ1) is 14.1. The van der Waals surface area contributed by atoms with Crippen LogP contribution in [0, 0.1) is 5.92 Å². The zero-order valence-corrected chi connectivity index (χ0v) is 11.8. The fraction of sp³-hybridized carbons (Fsp3) is 0.714. The normalized spacial score (nSPS) is 14.9. The third-order valence-electron chi connectivity index (χ3n) is 3.19. The second-order valence-corrected chi connectivity index (χ2v) is 5.44. The summed E-state index contributed by atoms with van der Waals surface area (Å²) in [5.41, 5.74) is -0.0211. The van der Waals surface area contributed by atoms with Crippen LogP contribution < -0.4 is 10.9 Å². The maximum absolute atomic E-state index is 12.1. The van der Waals surface area contributed by atoms with Crippen LogP contribution in [0.15, 0.2) is 17.2 Å². The van der Waals surface area contributed by atoms with Gasteiger partial charge in [0.1, 0.15) is 0 Å². The van der Waals surface area contributed by atoms with E-state index < -0.39 is 0 Å². The van der Waals surface area contributed by atoms with Crippen LogP contribution in [0.1, 0.15) is 39.2 Å². The number of nitrogens with one attached hydrogen (secondary N) is 1. The Kier molecular flexibility index (Phi) is 4.96. The van der Waals surface area contributed by atoms with Crippen molar-refractivity contribution >= 4 is 5.82 Å². The second-order valence-electron chi connectivity index (χ2n) is 5.44. The first-order chi connectivity index (χ1) is 9.18. The number of anilines is 1. The maximum Gasteiger partial charge on any atom is 0.293 e. The van der Waals surface area contributed by atoms with Gasteiger partial charge >= 0.3 is 0 Å². The van der Waals surface area contributed by atoms with Crippen molar-refractivity contribution in [3.05, 3.63) is 22.7 Å². The molecule has 0 spiro atoms. The number of hydrogen-bond donors (Lipinski definition) is 1. The minimum absolute atomic E-state index is 0.0211. The van der Waals surface area contributed by atoms with Crippen molar-refractivity contribution in [3.63, 3.8) is 0 Å². The zero-order valence-electron chi connectivity index (χ0n) is 11.8. The van der Waals surface area contributed by atoms with E-state index in [0.29, 0.717) is 30.9 Å². The van der Waals surface area contributed by atoms with Crippen molar-refractivity contribution in [3.8, 4) is 0 Å². The highest BCUT2D eigenvalue weighted by molar-refractivity contribution is 5.31. The van der Waals surface area contributed by atoms with E-state index in [1.54, 1.807) is 17.0 Å². The molecule has 1 aliphatic rings. The predicted octanol–water partition coefficient (Wildman–Crippen LogP) is 2.05. The fourth-order valence-electron chi connectivity index (χ4n) is 1.85. The Hall–Kier alpha value is -1.36. The van der Waals surface area contributed by atoms with Crippen molar-refractivity contribution in [2.24, 2.45) is 5.92 Å². The van der Waals surface area contributed by atoms with E-state index >= 15 is 0 Å². The van der Waals surface area contributed by atoms with Gasteiger partial charge in [-0.15, -0.1) is 0 Å². The number of ether oxygens (including phenoxy) is 1. The molecule has 0 saturated heterocycles. The predicted molar refractivity (Wildman–Crippen MR) is 75.5 cm³/mol. The lowest BCUT2D eigenvalue weighted by Gasteiger charge is -2.09. The lowest BCUT2D eigenvalue weighted by Crippen LogP contribution is -2.25. The summed E-state index contributed by atoms with van der Waals surface area (Å²) in [6.45, 7) is 6.35. The Morgan fingerprint density at radius 2 is 2.26 bits per heavy atom. The highest BCUT2D eigenvalue weighted by Crippen LogP contribution is 2.33. The van der Waals surface area contributed by atoms with Crippen molar-refractivity contribution in [1.82, 2.24) is 9.55 Å². The van der Waals surface area contributed by atoms with Crippen molar-refractivity contribution in [1.29, 1.82) is 0 Å². The minimum Gasteiger partial charge on any atom is -0.380 e. The minimum atomic E-state index is -0.0211. The summed E-state index contributed by atoms with van der Waals surface area (Å²) in [7, 11) is 0. The second kappa shape index (κ2) is 6.70. The van der Waals surface area contributed by atoms with Crippen LogP contribution in [0.25, 0.3) is 0 Å². The summed E-state index contributed by atoms with van der Waals surface area (Å²) in [6, 6.07) is 0.387. The van der Waals surface area contributed by atoms with Crippen LogP contribution in [0.4, 0.5) is 5.82 Å². The third-order valence-corrected chi connectivity index (χ3v) is 3.19. The topological polar surface area (TPSA) is 56.1 Å². The van der Waals surface area contributed by atoms with Crippen molar-refractivity contribution < 1.29 is 4.74 Å². The van der Waals surface area contributed by atoms with Gasteiger partial charge in [0.15, 0.2) is 5.82 Å². The summed E-state index contributed by atoms with van der Waals surface area (Å²) in [6.07, 6.45) is 6.72. The van der Waals surface area contributed by atoms with Crippen LogP contribution >= 0.6 is 0 Å². The Bertz CT molecular complexity index is 452. The molecule has 1 N–H and O–H groups in total. The molecule has 106 valence electrons. The molecule has 5 heteroatoms. The summed E-state index contributed by atoms with van der Waals surface area (Å²) in [4.78, 5) is 16.2.